The van der Waals surface area contributed by atoms with Gasteiger partial charge in [0, 0.05) is 11.6 Å². The van der Waals surface area contributed by atoms with Crippen molar-refractivity contribution in [2.75, 3.05) is 0 Å². The third-order valence-electron chi connectivity index (χ3n) is 2.81. The minimum Gasteiger partial charge on any atom is -0.455 e. The molecule has 0 heterocycles. The summed E-state index contributed by atoms with van der Waals surface area (Å²) in [5.74, 6) is 1.41. The molecule has 94 valence electrons. The predicted octanol–water partition coefficient (Wildman–Crippen LogP) is 4.54. The smallest absolute Gasteiger partial charge is 0.146 e. The normalized spacial score (nSPS) is 12.2. The van der Waals surface area contributed by atoms with Crippen molar-refractivity contribution < 1.29 is 4.74 Å². The van der Waals surface area contributed by atoms with Crippen LogP contribution in [-0.4, -0.2) is 0 Å². The van der Waals surface area contributed by atoms with Crippen LogP contribution in [0.2, 0.25) is 5.02 Å². The molecule has 0 aromatic heterocycles. The van der Waals surface area contributed by atoms with E-state index in [1.165, 1.54) is 0 Å². The molecule has 0 saturated carbocycles. The van der Waals surface area contributed by atoms with Crippen LogP contribution in [0.4, 0.5) is 0 Å². The largest absolute Gasteiger partial charge is 0.455 e. The van der Waals surface area contributed by atoms with Crippen LogP contribution >= 0.6 is 11.6 Å². The van der Waals surface area contributed by atoms with Crippen molar-refractivity contribution in [2.24, 2.45) is 5.73 Å². The first-order chi connectivity index (χ1) is 8.72. The number of rotatable bonds is 4. The summed E-state index contributed by atoms with van der Waals surface area (Å²) in [7, 11) is 0. The second-order valence-electron chi connectivity index (χ2n) is 4.09. The Morgan fingerprint density at radius 2 is 1.67 bits per heavy atom. The molecule has 1 atom stereocenters. The molecule has 0 aliphatic carbocycles. The van der Waals surface area contributed by atoms with Crippen molar-refractivity contribution in [1.29, 1.82) is 0 Å². The van der Waals surface area contributed by atoms with Gasteiger partial charge >= 0.3 is 0 Å². The summed E-state index contributed by atoms with van der Waals surface area (Å²) < 4.78 is 5.85. The molecule has 0 amide bonds. The Kier molecular flexibility index (Phi) is 4.24. The van der Waals surface area contributed by atoms with E-state index in [0.717, 1.165) is 17.7 Å². The molecule has 2 rings (SSSR count). The molecule has 0 saturated heterocycles. The topological polar surface area (TPSA) is 35.2 Å². The highest BCUT2D eigenvalue weighted by Crippen LogP contribution is 2.33. The Morgan fingerprint density at radius 1 is 1.06 bits per heavy atom. The first kappa shape index (κ1) is 12.9. The Morgan fingerprint density at radius 3 is 2.33 bits per heavy atom. The summed E-state index contributed by atoms with van der Waals surface area (Å²) in [4.78, 5) is 0. The quantitative estimate of drug-likeness (QED) is 0.877. The minimum atomic E-state index is -0.0244. The van der Waals surface area contributed by atoms with Crippen LogP contribution in [0.3, 0.4) is 0 Å². The number of benzene rings is 2. The average Bonchev–Trinajstić information content (AvgIpc) is 2.41. The Hall–Kier alpha value is -1.51. The van der Waals surface area contributed by atoms with Crippen molar-refractivity contribution in [3.63, 3.8) is 0 Å². The second-order valence-corrected chi connectivity index (χ2v) is 4.49. The van der Waals surface area contributed by atoms with Gasteiger partial charge in [-0.05, 0) is 24.6 Å². The summed E-state index contributed by atoms with van der Waals surface area (Å²) in [5, 5.41) is 0.595. The summed E-state index contributed by atoms with van der Waals surface area (Å²) in [6, 6.07) is 15.2. The van der Waals surface area contributed by atoms with Crippen LogP contribution in [0.1, 0.15) is 24.9 Å². The monoisotopic (exact) mass is 261 g/mol. The highest BCUT2D eigenvalue weighted by atomic mass is 35.5. The summed E-state index contributed by atoms with van der Waals surface area (Å²) >= 11 is 6.08. The number of para-hydroxylation sites is 2. The van der Waals surface area contributed by atoms with E-state index in [1.807, 2.05) is 42.5 Å². The standard InChI is InChI=1S/C15H16ClNO/c1-2-13(17)11-7-3-5-9-14(11)18-15-10-6-4-8-12(15)16/h3-10,13H,2,17H2,1H3/t13-/m0/s1. The lowest BCUT2D eigenvalue weighted by molar-refractivity contribution is 0.469. The Balaban J connectivity index is 2.32. The van der Waals surface area contributed by atoms with Crippen LogP contribution in [0.25, 0.3) is 0 Å². The molecule has 2 aromatic carbocycles. The van der Waals surface area contributed by atoms with E-state index in [9.17, 15) is 0 Å². The molecule has 0 aliphatic heterocycles. The third kappa shape index (κ3) is 2.84. The maximum Gasteiger partial charge on any atom is 0.146 e. The van der Waals surface area contributed by atoms with Crippen LogP contribution in [-0.2, 0) is 0 Å². The number of hydrogen-bond acceptors (Lipinski definition) is 2. The van der Waals surface area contributed by atoms with Gasteiger partial charge in [-0.3, -0.25) is 0 Å². The van der Waals surface area contributed by atoms with E-state index in [2.05, 4.69) is 6.92 Å². The van der Waals surface area contributed by atoms with Crippen LogP contribution in [0.15, 0.2) is 48.5 Å². The zero-order valence-corrected chi connectivity index (χ0v) is 11.0. The lowest BCUT2D eigenvalue weighted by Gasteiger charge is -2.15. The second kappa shape index (κ2) is 5.89. The van der Waals surface area contributed by atoms with Gasteiger partial charge < -0.3 is 10.5 Å². The van der Waals surface area contributed by atoms with Crippen molar-refractivity contribution >= 4 is 11.6 Å². The highest BCUT2D eigenvalue weighted by molar-refractivity contribution is 6.32. The van der Waals surface area contributed by atoms with Crippen molar-refractivity contribution in [3.8, 4) is 11.5 Å². The fourth-order valence-electron chi connectivity index (χ4n) is 1.75. The molecule has 0 radical (unpaired) electrons. The van der Waals surface area contributed by atoms with Crippen LogP contribution < -0.4 is 10.5 Å². The van der Waals surface area contributed by atoms with Gasteiger partial charge in [-0.25, -0.2) is 0 Å². The number of ether oxygens (including phenoxy) is 1. The lowest BCUT2D eigenvalue weighted by atomic mass is 10.0. The number of hydrogen-bond donors (Lipinski definition) is 1. The Labute approximate surface area is 112 Å². The van der Waals surface area contributed by atoms with Gasteiger partial charge in [0.1, 0.15) is 11.5 Å². The van der Waals surface area contributed by atoms with Crippen molar-refractivity contribution in [2.45, 2.75) is 19.4 Å². The van der Waals surface area contributed by atoms with Gasteiger partial charge in [-0.15, -0.1) is 0 Å². The van der Waals surface area contributed by atoms with Gasteiger partial charge in [0.25, 0.3) is 0 Å². The maximum absolute atomic E-state index is 6.08. The van der Waals surface area contributed by atoms with E-state index >= 15 is 0 Å². The molecular formula is C15H16ClNO. The zero-order chi connectivity index (χ0) is 13.0. The van der Waals surface area contributed by atoms with Gasteiger partial charge in [0.15, 0.2) is 0 Å². The summed E-state index contributed by atoms with van der Waals surface area (Å²) in [5.41, 5.74) is 7.07. The first-order valence-corrected chi connectivity index (χ1v) is 6.37. The Bertz CT molecular complexity index is 527. The molecule has 2 N–H and O–H groups in total. The molecule has 3 heteroatoms. The van der Waals surface area contributed by atoms with Gasteiger partial charge in [-0.2, -0.15) is 0 Å². The predicted molar refractivity (Wildman–Crippen MR) is 75.2 cm³/mol. The molecule has 0 bridgehead atoms. The van der Waals surface area contributed by atoms with Crippen LogP contribution in [0, 0.1) is 0 Å². The zero-order valence-electron chi connectivity index (χ0n) is 10.3. The molecule has 2 nitrogen and oxygen atoms in total. The number of halogens is 1. The lowest BCUT2D eigenvalue weighted by Crippen LogP contribution is -2.09. The van der Waals surface area contributed by atoms with Crippen molar-refractivity contribution in [1.82, 2.24) is 0 Å². The molecular weight excluding hydrogens is 246 g/mol. The molecule has 0 aliphatic rings. The van der Waals surface area contributed by atoms with Gasteiger partial charge in [-0.1, -0.05) is 48.9 Å². The molecule has 0 spiro atoms. The molecule has 0 fully saturated rings. The van der Waals surface area contributed by atoms with E-state index in [4.69, 9.17) is 22.1 Å². The van der Waals surface area contributed by atoms with E-state index in [-0.39, 0.29) is 6.04 Å². The van der Waals surface area contributed by atoms with E-state index < -0.39 is 0 Å². The van der Waals surface area contributed by atoms with Gasteiger partial charge in [0.2, 0.25) is 0 Å². The maximum atomic E-state index is 6.08. The van der Waals surface area contributed by atoms with Crippen molar-refractivity contribution in [3.05, 3.63) is 59.1 Å². The van der Waals surface area contributed by atoms with E-state index in [1.54, 1.807) is 6.07 Å². The highest BCUT2D eigenvalue weighted by Gasteiger charge is 2.11. The molecule has 0 unspecified atom stereocenters. The molecule has 18 heavy (non-hydrogen) atoms. The summed E-state index contributed by atoms with van der Waals surface area (Å²) in [6.07, 6.45) is 0.864. The fourth-order valence-corrected chi connectivity index (χ4v) is 1.92. The van der Waals surface area contributed by atoms with Gasteiger partial charge in [0.05, 0.1) is 5.02 Å². The average molecular weight is 262 g/mol. The fraction of sp³-hybridized carbons (Fsp3) is 0.200. The third-order valence-corrected chi connectivity index (χ3v) is 3.13. The molecule has 2 aromatic rings. The first-order valence-electron chi connectivity index (χ1n) is 5.99. The summed E-state index contributed by atoms with van der Waals surface area (Å²) in [6.45, 7) is 2.05. The SMILES string of the molecule is CC[C@H](N)c1ccccc1Oc1ccccc1Cl. The van der Waals surface area contributed by atoms with Crippen LogP contribution in [0.5, 0.6) is 11.5 Å². The van der Waals surface area contributed by atoms with E-state index in [0.29, 0.717) is 10.8 Å². The minimum absolute atomic E-state index is 0.0244. The number of nitrogens with two attached hydrogens (primary N) is 1.